The number of benzene rings is 2. The predicted molar refractivity (Wildman–Crippen MR) is 139 cm³/mol. The van der Waals surface area contributed by atoms with Gasteiger partial charge in [0.2, 0.25) is 5.75 Å². The van der Waals surface area contributed by atoms with Crippen molar-refractivity contribution in [2.75, 3.05) is 43.4 Å². The molecular weight excluding hydrogens is 462 g/mol. The number of hydrogen-bond acceptors (Lipinski definition) is 7. The summed E-state index contributed by atoms with van der Waals surface area (Å²) < 4.78 is 22.5. The fraction of sp³-hybridized carbons (Fsp3) is 0.385. The third kappa shape index (κ3) is 5.32. The van der Waals surface area contributed by atoms with Crippen LogP contribution in [-0.2, 0) is 17.1 Å². The van der Waals surface area contributed by atoms with Crippen LogP contribution in [0.1, 0.15) is 25.3 Å². The third-order valence-corrected chi connectivity index (χ3v) is 8.28. The molecule has 1 unspecified atom stereocenters. The van der Waals surface area contributed by atoms with E-state index in [0.717, 1.165) is 18.4 Å². The predicted octanol–water partition coefficient (Wildman–Crippen LogP) is 2.98. The molecule has 1 aliphatic carbocycles. The number of rotatable bonds is 8. The summed E-state index contributed by atoms with van der Waals surface area (Å²) in [6.07, 6.45) is 3.93. The van der Waals surface area contributed by atoms with E-state index in [1.165, 1.54) is 4.68 Å². The highest BCUT2D eigenvalue weighted by atomic mass is 32.2. The Hall–Kier alpha value is -3.01. The summed E-state index contributed by atoms with van der Waals surface area (Å²) in [4.78, 5) is 15.6. The Morgan fingerprint density at radius 2 is 1.74 bits per heavy atom. The summed E-state index contributed by atoms with van der Waals surface area (Å²) in [7, 11) is 0. The van der Waals surface area contributed by atoms with E-state index in [0.29, 0.717) is 61.4 Å². The smallest absolute Gasteiger partial charge is 0.316 e. The number of anilines is 2. The van der Waals surface area contributed by atoms with Crippen molar-refractivity contribution in [3.05, 3.63) is 76.7 Å². The van der Waals surface area contributed by atoms with Gasteiger partial charge in [-0.15, -0.1) is 4.31 Å². The van der Waals surface area contributed by atoms with Gasteiger partial charge in [-0.25, -0.2) is 0 Å². The first-order chi connectivity index (χ1) is 16.9. The topological polar surface area (TPSA) is 99.7 Å². The number of aromatic nitrogens is 2. The van der Waals surface area contributed by atoms with E-state index in [9.17, 15) is 9.35 Å². The van der Waals surface area contributed by atoms with Crippen LogP contribution in [0.2, 0.25) is 0 Å². The second-order valence-electron chi connectivity index (χ2n) is 9.59. The number of ether oxygens (including phenoxy) is 1. The highest BCUT2D eigenvalue weighted by Gasteiger charge is 2.39. The molecule has 184 valence electrons. The van der Waals surface area contributed by atoms with Crippen LogP contribution in [0.25, 0.3) is 5.69 Å². The fourth-order valence-corrected chi connectivity index (χ4v) is 5.45. The van der Waals surface area contributed by atoms with Crippen LogP contribution < -0.4 is 20.9 Å². The van der Waals surface area contributed by atoms with Crippen molar-refractivity contribution in [3.8, 4) is 11.4 Å². The molecular formula is C26H31N5O3S. The van der Waals surface area contributed by atoms with E-state index in [-0.39, 0.29) is 11.0 Å². The summed E-state index contributed by atoms with van der Waals surface area (Å²) >= 11 is -1.17. The van der Waals surface area contributed by atoms with Crippen LogP contribution in [0.4, 0.5) is 11.4 Å². The van der Waals surface area contributed by atoms with E-state index < -0.39 is 11.4 Å². The number of piperazine rings is 1. The maximum Gasteiger partial charge on any atom is 0.316 e. The van der Waals surface area contributed by atoms with Crippen LogP contribution in [-0.4, -0.2) is 51.4 Å². The summed E-state index contributed by atoms with van der Waals surface area (Å²) in [6.45, 7) is 5.16. The van der Waals surface area contributed by atoms with Crippen LogP contribution >= 0.6 is 0 Å². The van der Waals surface area contributed by atoms with E-state index in [4.69, 9.17) is 10.5 Å². The van der Waals surface area contributed by atoms with Gasteiger partial charge in [0.15, 0.2) is 5.75 Å². The van der Waals surface area contributed by atoms with Gasteiger partial charge in [0.25, 0.3) is 0 Å². The van der Waals surface area contributed by atoms with Crippen molar-refractivity contribution in [1.82, 2.24) is 14.1 Å². The fourth-order valence-electron chi connectivity index (χ4n) is 4.17. The lowest BCUT2D eigenvalue weighted by atomic mass is 10.2. The van der Waals surface area contributed by atoms with Gasteiger partial charge in [-0.3, -0.25) is 4.79 Å². The Labute approximate surface area is 208 Å². The molecule has 1 saturated heterocycles. The van der Waals surface area contributed by atoms with Gasteiger partial charge in [0.05, 0.1) is 31.6 Å². The summed E-state index contributed by atoms with van der Waals surface area (Å²) in [5, 5.41) is 4.46. The Balaban J connectivity index is 1.33. The minimum atomic E-state index is -1.17. The van der Waals surface area contributed by atoms with Gasteiger partial charge >= 0.3 is 5.56 Å². The second-order valence-corrected chi connectivity index (χ2v) is 11.0. The quantitative estimate of drug-likeness (QED) is 0.380. The monoisotopic (exact) mass is 493 g/mol. The lowest BCUT2D eigenvalue weighted by Crippen LogP contribution is -2.49. The second kappa shape index (κ2) is 9.93. The van der Waals surface area contributed by atoms with Crippen molar-refractivity contribution in [2.24, 2.45) is 5.41 Å². The molecule has 2 fully saturated rings. The van der Waals surface area contributed by atoms with Gasteiger partial charge in [0, 0.05) is 41.1 Å². The molecule has 3 aromatic rings. The summed E-state index contributed by atoms with van der Waals surface area (Å²) in [6, 6.07) is 16.9. The first-order valence-electron chi connectivity index (χ1n) is 12.0. The third-order valence-electron chi connectivity index (χ3n) is 6.79. The average Bonchev–Trinajstić information content (AvgIpc) is 3.62. The van der Waals surface area contributed by atoms with Crippen molar-refractivity contribution >= 4 is 22.7 Å². The van der Waals surface area contributed by atoms with E-state index in [2.05, 4.69) is 16.9 Å². The van der Waals surface area contributed by atoms with Crippen molar-refractivity contribution < 1.29 is 9.29 Å². The largest absolute Gasteiger partial charge is 0.598 e. The van der Waals surface area contributed by atoms with Gasteiger partial charge in [0.1, 0.15) is 5.69 Å². The standard InChI is InChI=1S/C26H31N5O3S/c1-26(11-12-26)19-34-24-23(17-28-31(25(24)32)21-8-3-2-4-9-21)29-13-15-30(16-14-29)35(33)18-20-7-5-6-10-22(20)27/h2-10,17H,11-16,18-19,27H2,1H3. The van der Waals surface area contributed by atoms with Crippen LogP contribution in [0, 0.1) is 5.41 Å². The molecule has 2 heterocycles. The molecule has 1 aromatic heterocycles. The molecule has 1 atom stereocenters. The van der Waals surface area contributed by atoms with Crippen molar-refractivity contribution in [2.45, 2.75) is 25.5 Å². The zero-order chi connectivity index (χ0) is 24.4. The van der Waals surface area contributed by atoms with Gasteiger partial charge in [-0.1, -0.05) is 43.3 Å². The number of nitrogen functional groups attached to an aromatic ring is 1. The van der Waals surface area contributed by atoms with Crippen LogP contribution in [0.3, 0.4) is 0 Å². The molecule has 9 heteroatoms. The molecule has 0 bridgehead atoms. The van der Waals surface area contributed by atoms with Crippen molar-refractivity contribution in [1.29, 1.82) is 0 Å². The van der Waals surface area contributed by atoms with E-state index in [1.54, 1.807) is 6.20 Å². The lowest BCUT2D eigenvalue weighted by Gasteiger charge is -2.36. The molecule has 0 radical (unpaired) electrons. The number of para-hydroxylation sites is 2. The molecule has 8 nitrogen and oxygen atoms in total. The highest BCUT2D eigenvalue weighted by molar-refractivity contribution is 7.88. The van der Waals surface area contributed by atoms with Crippen LogP contribution in [0.15, 0.2) is 65.6 Å². The first kappa shape index (κ1) is 23.7. The molecule has 0 spiro atoms. The Morgan fingerprint density at radius 3 is 2.43 bits per heavy atom. The normalized spacial score (nSPS) is 18.3. The molecule has 2 aromatic carbocycles. The minimum absolute atomic E-state index is 0.138. The van der Waals surface area contributed by atoms with E-state index >= 15 is 0 Å². The molecule has 1 saturated carbocycles. The maximum absolute atomic E-state index is 13.5. The zero-order valence-electron chi connectivity index (χ0n) is 19.9. The highest BCUT2D eigenvalue weighted by Crippen LogP contribution is 2.45. The minimum Gasteiger partial charge on any atom is -0.598 e. The lowest BCUT2D eigenvalue weighted by molar-refractivity contribution is 0.242. The molecule has 5 rings (SSSR count). The molecule has 2 N–H and O–H groups in total. The Morgan fingerprint density at radius 1 is 1.06 bits per heavy atom. The summed E-state index contributed by atoms with van der Waals surface area (Å²) in [5.41, 5.74) is 8.87. The van der Waals surface area contributed by atoms with E-state index in [1.807, 2.05) is 58.9 Å². The van der Waals surface area contributed by atoms with Crippen molar-refractivity contribution in [3.63, 3.8) is 0 Å². The SMILES string of the molecule is CC1(COc2c(N3CCN([S+]([O-])Cc4ccccc4N)CC3)cnn(-c3ccccc3)c2=O)CC1. The number of hydrogen-bond donors (Lipinski definition) is 1. The number of nitrogens with zero attached hydrogens (tertiary/aromatic N) is 4. The van der Waals surface area contributed by atoms with Gasteiger partial charge in [-0.05, 0) is 31.0 Å². The molecule has 2 aliphatic rings. The Kier molecular flexibility index (Phi) is 6.73. The molecule has 0 amide bonds. The zero-order valence-corrected chi connectivity index (χ0v) is 20.7. The maximum atomic E-state index is 13.5. The van der Waals surface area contributed by atoms with Gasteiger partial charge in [-0.2, -0.15) is 9.78 Å². The molecule has 35 heavy (non-hydrogen) atoms. The summed E-state index contributed by atoms with van der Waals surface area (Å²) in [5.74, 6) is 0.734. The Bertz CT molecular complexity index is 1220. The molecule has 1 aliphatic heterocycles. The average molecular weight is 494 g/mol. The number of nitrogens with two attached hydrogens (primary N) is 1. The first-order valence-corrected chi connectivity index (χ1v) is 13.2. The van der Waals surface area contributed by atoms with Crippen LogP contribution in [0.5, 0.6) is 5.75 Å². The van der Waals surface area contributed by atoms with Gasteiger partial charge < -0.3 is 19.9 Å².